The summed E-state index contributed by atoms with van der Waals surface area (Å²) in [5, 5.41) is 4.06. The van der Waals surface area contributed by atoms with Gasteiger partial charge in [0.1, 0.15) is 0 Å². The normalized spacial score (nSPS) is 26.1. The Hall–Kier alpha value is -1.43. The number of hydrogen-bond acceptors (Lipinski definition) is 5. The largest absolute Gasteiger partial charge is 0.340 e. The van der Waals surface area contributed by atoms with E-state index in [1.165, 1.54) is 12.8 Å². The Bertz CT molecular complexity index is 583. The van der Waals surface area contributed by atoms with Crippen LogP contribution in [0.1, 0.15) is 71.0 Å². The maximum Gasteiger partial charge on any atom is 0.240 e. The number of hydrogen-bond donors (Lipinski definition) is 0. The summed E-state index contributed by atoms with van der Waals surface area (Å²) in [6.45, 7) is 12.1. The zero-order valence-corrected chi connectivity index (χ0v) is 15.4. The molecule has 0 bridgehead atoms. The number of piperidine rings is 2. The second kappa shape index (κ2) is 6.82. The van der Waals surface area contributed by atoms with Gasteiger partial charge >= 0.3 is 0 Å². The first-order chi connectivity index (χ1) is 11.4. The lowest BCUT2D eigenvalue weighted by atomic mass is 9.73. The Labute approximate surface area is 144 Å². The maximum absolute atomic E-state index is 12.2. The highest BCUT2D eigenvalue weighted by Gasteiger charge is 2.42. The summed E-state index contributed by atoms with van der Waals surface area (Å²) in [5.41, 5.74) is 0.233. The highest BCUT2D eigenvalue weighted by atomic mass is 16.5. The maximum atomic E-state index is 12.2. The number of rotatable bonds is 4. The van der Waals surface area contributed by atoms with Crippen molar-refractivity contribution >= 4 is 5.91 Å². The number of carbonyl (C=O) groups excluding carboxylic acids is 1. The van der Waals surface area contributed by atoms with Gasteiger partial charge in [-0.05, 0) is 39.7 Å². The van der Waals surface area contributed by atoms with Gasteiger partial charge in [0.2, 0.25) is 11.8 Å². The van der Waals surface area contributed by atoms with Crippen molar-refractivity contribution in [1.29, 1.82) is 0 Å². The average Bonchev–Trinajstić information content (AvgIpc) is 2.99. The molecule has 0 aromatic carbocycles. The van der Waals surface area contributed by atoms with Gasteiger partial charge in [-0.1, -0.05) is 19.0 Å². The third-order valence-corrected chi connectivity index (χ3v) is 5.42. The van der Waals surface area contributed by atoms with Crippen LogP contribution in [0.4, 0.5) is 0 Å². The first kappa shape index (κ1) is 17.4. The van der Waals surface area contributed by atoms with Crippen LogP contribution >= 0.6 is 0 Å². The summed E-state index contributed by atoms with van der Waals surface area (Å²) >= 11 is 0. The van der Waals surface area contributed by atoms with Gasteiger partial charge in [0.25, 0.3) is 0 Å². The predicted molar refractivity (Wildman–Crippen MR) is 91.4 cm³/mol. The number of aromatic nitrogens is 2. The monoisotopic (exact) mass is 334 g/mol. The van der Waals surface area contributed by atoms with Crippen molar-refractivity contribution in [2.75, 3.05) is 19.6 Å². The van der Waals surface area contributed by atoms with Gasteiger partial charge in [-0.2, -0.15) is 4.98 Å². The Morgan fingerprint density at radius 3 is 2.67 bits per heavy atom. The van der Waals surface area contributed by atoms with Gasteiger partial charge < -0.3 is 9.42 Å². The molecule has 0 unspecified atom stereocenters. The second-order valence-electron chi connectivity index (χ2n) is 8.13. The Morgan fingerprint density at radius 2 is 2.00 bits per heavy atom. The number of likely N-dealkylation sites (tertiary alicyclic amines) is 2. The van der Waals surface area contributed by atoms with Gasteiger partial charge in [-0.3, -0.25) is 9.69 Å². The van der Waals surface area contributed by atoms with Crippen LogP contribution in [0.2, 0.25) is 0 Å². The van der Waals surface area contributed by atoms with Crippen LogP contribution in [0.25, 0.3) is 0 Å². The number of amides is 1. The van der Waals surface area contributed by atoms with Crippen molar-refractivity contribution in [3.63, 3.8) is 0 Å². The van der Waals surface area contributed by atoms with Gasteiger partial charge in [-0.15, -0.1) is 0 Å². The summed E-state index contributed by atoms with van der Waals surface area (Å²) in [4.78, 5) is 21.2. The third-order valence-electron chi connectivity index (χ3n) is 5.42. The molecular weight excluding hydrogens is 304 g/mol. The summed E-state index contributed by atoms with van der Waals surface area (Å²) in [6.07, 6.45) is 4.07. The smallest absolute Gasteiger partial charge is 0.240 e. The molecule has 1 aromatic rings. The first-order valence-electron chi connectivity index (χ1n) is 9.23. The van der Waals surface area contributed by atoms with Crippen LogP contribution < -0.4 is 0 Å². The van der Waals surface area contributed by atoms with Crippen molar-refractivity contribution in [2.45, 2.75) is 71.9 Å². The average molecular weight is 334 g/mol. The molecule has 2 aliphatic heterocycles. The van der Waals surface area contributed by atoms with Crippen molar-refractivity contribution < 1.29 is 9.32 Å². The molecule has 3 rings (SSSR count). The SMILES string of the molecule is CC(C)c1noc(CN2CCC[C@]3(CCC(=O)N(C(C)C)C3)C2)n1. The molecule has 1 spiro atoms. The lowest BCUT2D eigenvalue weighted by Gasteiger charge is -2.49. The van der Waals surface area contributed by atoms with Gasteiger partial charge in [-0.25, -0.2) is 0 Å². The minimum atomic E-state index is 0.233. The minimum absolute atomic E-state index is 0.233. The molecule has 2 aliphatic rings. The van der Waals surface area contributed by atoms with E-state index in [9.17, 15) is 4.79 Å². The molecule has 1 aromatic heterocycles. The lowest BCUT2D eigenvalue weighted by molar-refractivity contribution is -0.141. The highest BCUT2D eigenvalue weighted by molar-refractivity contribution is 5.77. The topological polar surface area (TPSA) is 62.5 Å². The standard InChI is InChI=1S/C18H30N4O2/c1-13(2)17-19-15(24-20-17)10-21-9-5-7-18(11-21)8-6-16(23)22(12-18)14(3)4/h13-14H,5-12H2,1-4H3/t18-/m0/s1. The fourth-order valence-electron chi connectivity index (χ4n) is 4.05. The molecule has 0 aliphatic carbocycles. The van der Waals surface area contributed by atoms with E-state index in [1.54, 1.807) is 0 Å². The summed E-state index contributed by atoms with van der Waals surface area (Å²) in [7, 11) is 0. The second-order valence-corrected chi connectivity index (χ2v) is 8.13. The molecule has 6 nitrogen and oxygen atoms in total. The van der Waals surface area contributed by atoms with Crippen LogP contribution in [-0.2, 0) is 11.3 Å². The molecule has 6 heteroatoms. The summed E-state index contributed by atoms with van der Waals surface area (Å²) in [6, 6.07) is 0.287. The Kier molecular flexibility index (Phi) is 4.95. The van der Waals surface area contributed by atoms with Crippen molar-refractivity contribution in [3.8, 4) is 0 Å². The number of carbonyl (C=O) groups is 1. The van der Waals surface area contributed by atoms with Crippen molar-refractivity contribution in [3.05, 3.63) is 11.7 Å². The van der Waals surface area contributed by atoms with Gasteiger partial charge in [0.05, 0.1) is 6.54 Å². The van der Waals surface area contributed by atoms with Crippen LogP contribution in [-0.4, -0.2) is 51.5 Å². The molecule has 0 radical (unpaired) electrons. The molecule has 2 saturated heterocycles. The summed E-state index contributed by atoms with van der Waals surface area (Å²) in [5.74, 6) is 2.10. The van der Waals surface area contributed by atoms with E-state index in [-0.39, 0.29) is 11.5 Å². The lowest BCUT2D eigenvalue weighted by Crippen LogP contribution is -2.55. The minimum Gasteiger partial charge on any atom is -0.340 e. The van der Waals surface area contributed by atoms with Crippen molar-refractivity contribution in [1.82, 2.24) is 19.9 Å². The van der Waals surface area contributed by atoms with Crippen LogP contribution in [0.3, 0.4) is 0 Å². The van der Waals surface area contributed by atoms with E-state index in [4.69, 9.17) is 4.52 Å². The van der Waals surface area contributed by atoms with E-state index in [0.717, 1.165) is 38.4 Å². The molecule has 1 amide bonds. The summed E-state index contributed by atoms with van der Waals surface area (Å²) < 4.78 is 5.41. The Balaban J connectivity index is 1.66. The third kappa shape index (κ3) is 3.63. The first-order valence-corrected chi connectivity index (χ1v) is 9.23. The van der Waals surface area contributed by atoms with E-state index in [2.05, 4.69) is 47.6 Å². The number of nitrogens with zero attached hydrogens (tertiary/aromatic N) is 4. The van der Waals surface area contributed by atoms with Crippen LogP contribution in [0.15, 0.2) is 4.52 Å². The van der Waals surface area contributed by atoms with Crippen molar-refractivity contribution in [2.24, 2.45) is 5.41 Å². The fourth-order valence-corrected chi connectivity index (χ4v) is 4.05. The van der Waals surface area contributed by atoms with E-state index in [1.807, 2.05) is 0 Å². The zero-order chi connectivity index (χ0) is 17.3. The zero-order valence-electron chi connectivity index (χ0n) is 15.4. The molecule has 2 fully saturated rings. The highest BCUT2D eigenvalue weighted by Crippen LogP contribution is 2.39. The van der Waals surface area contributed by atoms with Crippen LogP contribution in [0.5, 0.6) is 0 Å². The quantitative estimate of drug-likeness (QED) is 0.847. The van der Waals surface area contributed by atoms with E-state index in [0.29, 0.717) is 24.1 Å². The van der Waals surface area contributed by atoms with E-state index < -0.39 is 0 Å². The van der Waals surface area contributed by atoms with Gasteiger partial charge in [0.15, 0.2) is 5.82 Å². The molecule has 3 heterocycles. The molecular formula is C18H30N4O2. The van der Waals surface area contributed by atoms with E-state index >= 15 is 0 Å². The molecule has 134 valence electrons. The predicted octanol–water partition coefficient (Wildman–Crippen LogP) is 2.81. The molecule has 0 N–H and O–H groups in total. The molecule has 0 saturated carbocycles. The molecule has 1 atom stereocenters. The van der Waals surface area contributed by atoms with Crippen LogP contribution in [0, 0.1) is 5.41 Å². The Morgan fingerprint density at radius 1 is 1.21 bits per heavy atom. The fraction of sp³-hybridized carbons (Fsp3) is 0.833. The molecule has 24 heavy (non-hydrogen) atoms. The van der Waals surface area contributed by atoms with Gasteiger partial charge in [0, 0.05) is 36.9 Å².